The van der Waals surface area contributed by atoms with Crippen molar-refractivity contribution in [2.24, 2.45) is 0 Å². The Morgan fingerprint density at radius 3 is 2.63 bits per heavy atom. The van der Waals surface area contributed by atoms with Gasteiger partial charge < -0.3 is 9.72 Å². The van der Waals surface area contributed by atoms with Crippen LogP contribution < -0.4 is 0 Å². The predicted octanol–water partition coefficient (Wildman–Crippen LogP) is 5.10. The van der Waals surface area contributed by atoms with Crippen molar-refractivity contribution in [3.63, 3.8) is 0 Å². The van der Waals surface area contributed by atoms with Crippen molar-refractivity contribution in [1.29, 1.82) is 0 Å². The van der Waals surface area contributed by atoms with E-state index in [1.54, 1.807) is 0 Å². The van der Waals surface area contributed by atoms with Gasteiger partial charge in [0.05, 0.1) is 0 Å². The van der Waals surface area contributed by atoms with Crippen molar-refractivity contribution in [3.05, 3.63) is 95.2 Å². The summed E-state index contributed by atoms with van der Waals surface area (Å²) in [4.78, 5) is 28.0. The topological polar surface area (TPSA) is 59.2 Å². The van der Waals surface area contributed by atoms with Gasteiger partial charge in [-0.1, -0.05) is 54.6 Å². The lowest BCUT2D eigenvalue weighted by Gasteiger charge is -2.07. The van der Waals surface area contributed by atoms with Crippen LogP contribution in [0.25, 0.3) is 22.0 Å². The molecule has 0 radical (unpaired) electrons. The van der Waals surface area contributed by atoms with E-state index in [1.165, 1.54) is 16.7 Å². The van der Waals surface area contributed by atoms with Gasteiger partial charge in [0.1, 0.15) is 0 Å². The average Bonchev–Trinajstić information content (AvgIpc) is 3.36. The van der Waals surface area contributed by atoms with Crippen molar-refractivity contribution >= 4 is 22.7 Å². The highest BCUT2D eigenvalue weighted by Crippen LogP contribution is 2.36. The number of fused-ring (bicyclic) bond motifs is 4. The standard InChI is InChI=1S/C26H21NO3/c28-25(19-10-9-18-13-17-5-1-2-6-21(17)23(18)14-19)16-30-26(29)12-11-20-15-27-24-8-4-3-7-22(20)24/h1-10,14-15,27H,11-13,16H2. The molecule has 1 heterocycles. The molecule has 3 aromatic carbocycles. The van der Waals surface area contributed by atoms with Gasteiger partial charge in [-0.05, 0) is 52.8 Å². The van der Waals surface area contributed by atoms with Crippen LogP contribution in [0.5, 0.6) is 0 Å². The normalized spacial score (nSPS) is 11.9. The molecule has 0 amide bonds. The van der Waals surface area contributed by atoms with Crippen LogP contribution in [0.3, 0.4) is 0 Å². The van der Waals surface area contributed by atoms with E-state index in [-0.39, 0.29) is 24.8 Å². The van der Waals surface area contributed by atoms with Gasteiger partial charge in [-0.25, -0.2) is 0 Å². The third-order valence-electron chi connectivity index (χ3n) is 5.76. The fraction of sp³-hybridized carbons (Fsp3) is 0.154. The second-order valence-electron chi connectivity index (χ2n) is 7.65. The van der Waals surface area contributed by atoms with Crippen LogP contribution in [0.1, 0.15) is 33.5 Å². The average molecular weight is 395 g/mol. The smallest absolute Gasteiger partial charge is 0.306 e. The van der Waals surface area contributed by atoms with Gasteiger partial charge in [0.2, 0.25) is 0 Å². The highest BCUT2D eigenvalue weighted by molar-refractivity contribution is 5.99. The molecule has 0 saturated carbocycles. The second-order valence-corrected chi connectivity index (χ2v) is 7.65. The number of Topliss-reactive ketones (excluding diaryl/α,β-unsaturated/α-hetero) is 1. The zero-order valence-electron chi connectivity index (χ0n) is 16.5. The number of aromatic amines is 1. The number of esters is 1. The van der Waals surface area contributed by atoms with E-state index in [4.69, 9.17) is 4.74 Å². The van der Waals surface area contributed by atoms with Crippen LogP contribution in [-0.4, -0.2) is 23.3 Å². The second kappa shape index (κ2) is 7.64. The van der Waals surface area contributed by atoms with E-state index in [2.05, 4.69) is 17.1 Å². The fourth-order valence-corrected chi connectivity index (χ4v) is 4.17. The molecule has 30 heavy (non-hydrogen) atoms. The van der Waals surface area contributed by atoms with Crippen molar-refractivity contribution in [2.45, 2.75) is 19.3 Å². The summed E-state index contributed by atoms with van der Waals surface area (Å²) in [6.07, 6.45) is 3.63. The Morgan fingerprint density at radius 1 is 0.900 bits per heavy atom. The summed E-state index contributed by atoms with van der Waals surface area (Å²) < 4.78 is 5.26. The highest BCUT2D eigenvalue weighted by Gasteiger charge is 2.20. The van der Waals surface area contributed by atoms with Gasteiger partial charge in [-0.2, -0.15) is 0 Å². The number of H-pyrrole nitrogens is 1. The van der Waals surface area contributed by atoms with Gasteiger partial charge in [0.25, 0.3) is 0 Å². The van der Waals surface area contributed by atoms with E-state index >= 15 is 0 Å². The largest absolute Gasteiger partial charge is 0.457 e. The van der Waals surface area contributed by atoms with E-state index in [0.29, 0.717) is 12.0 Å². The number of carbonyl (C=O) groups excluding carboxylic acids is 2. The molecule has 4 heteroatoms. The molecule has 1 aromatic heterocycles. The van der Waals surface area contributed by atoms with Crippen LogP contribution in [0.15, 0.2) is 72.9 Å². The number of hydrogen-bond acceptors (Lipinski definition) is 3. The number of hydrogen-bond donors (Lipinski definition) is 1. The molecular weight excluding hydrogens is 374 g/mol. The third-order valence-corrected chi connectivity index (χ3v) is 5.76. The number of rotatable bonds is 6. The summed E-state index contributed by atoms with van der Waals surface area (Å²) in [5.41, 5.74) is 7.49. The van der Waals surface area contributed by atoms with E-state index in [1.807, 2.05) is 60.8 Å². The lowest BCUT2D eigenvalue weighted by atomic mass is 10.0. The molecule has 4 nitrogen and oxygen atoms in total. The zero-order valence-corrected chi connectivity index (χ0v) is 16.5. The number of para-hydroxylation sites is 1. The van der Waals surface area contributed by atoms with Gasteiger partial charge in [-0.3, -0.25) is 9.59 Å². The first kappa shape index (κ1) is 18.4. The quantitative estimate of drug-likeness (QED) is 0.321. The summed E-state index contributed by atoms with van der Waals surface area (Å²) in [5.74, 6) is -0.539. The van der Waals surface area contributed by atoms with Crippen LogP contribution >= 0.6 is 0 Å². The molecule has 1 N–H and O–H groups in total. The number of aromatic nitrogens is 1. The molecule has 148 valence electrons. The minimum Gasteiger partial charge on any atom is -0.457 e. The zero-order chi connectivity index (χ0) is 20.5. The Kier molecular flexibility index (Phi) is 4.68. The monoisotopic (exact) mass is 395 g/mol. The van der Waals surface area contributed by atoms with Gasteiger partial charge in [0.15, 0.2) is 12.4 Å². The van der Waals surface area contributed by atoms with E-state index in [0.717, 1.165) is 28.5 Å². The molecule has 4 aromatic rings. The first-order valence-corrected chi connectivity index (χ1v) is 10.1. The molecule has 0 atom stereocenters. The van der Waals surface area contributed by atoms with Crippen LogP contribution in [0.4, 0.5) is 0 Å². The Hall–Kier alpha value is -3.66. The van der Waals surface area contributed by atoms with Crippen LogP contribution in [0.2, 0.25) is 0 Å². The molecular formula is C26H21NO3. The van der Waals surface area contributed by atoms with Gasteiger partial charge in [-0.15, -0.1) is 0 Å². The Labute approximate surface area is 174 Å². The van der Waals surface area contributed by atoms with Crippen molar-refractivity contribution in [1.82, 2.24) is 4.98 Å². The van der Waals surface area contributed by atoms with Gasteiger partial charge >= 0.3 is 5.97 Å². The maximum Gasteiger partial charge on any atom is 0.306 e. The third kappa shape index (κ3) is 3.41. The molecule has 0 spiro atoms. The maximum atomic E-state index is 12.6. The summed E-state index contributed by atoms with van der Waals surface area (Å²) in [5, 5.41) is 1.11. The summed E-state index contributed by atoms with van der Waals surface area (Å²) in [6, 6.07) is 22.0. The first-order valence-electron chi connectivity index (χ1n) is 10.1. The number of nitrogens with one attached hydrogen (secondary N) is 1. The molecule has 1 aliphatic carbocycles. The number of aryl methyl sites for hydroxylation is 1. The molecule has 0 unspecified atom stereocenters. The van der Waals surface area contributed by atoms with Gasteiger partial charge in [0, 0.05) is 29.1 Å². The minimum atomic E-state index is -0.361. The molecule has 0 fully saturated rings. The summed E-state index contributed by atoms with van der Waals surface area (Å²) in [6.45, 7) is -0.229. The molecule has 0 aliphatic heterocycles. The summed E-state index contributed by atoms with van der Waals surface area (Å²) in [7, 11) is 0. The number of ether oxygens (including phenoxy) is 1. The maximum absolute atomic E-state index is 12.6. The van der Waals surface area contributed by atoms with Crippen molar-refractivity contribution in [2.75, 3.05) is 6.61 Å². The fourth-order valence-electron chi connectivity index (χ4n) is 4.17. The number of carbonyl (C=O) groups is 2. The Morgan fingerprint density at radius 2 is 1.70 bits per heavy atom. The Balaban J connectivity index is 1.20. The SMILES string of the molecule is O=C(CCc1c[nH]c2ccccc12)OCC(=O)c1ccc2c(c1)-c1ccccc1C2. The van der Waals surface area contributed by atoms with Crippen LogP contribution in [-0.2, 0) is 22.4 Å². The Bertz CT molecular complexity index is 1270. The minimum absolute atomic E-state index is 0.178. The van der Waals surface area contributed by atoms with Crippen LogP contribution in [0, 0.1) is 0 Å². The summed E-state index contributed by atoms with van der Waals surface area (Å²) >= 11 is 0. The molecule has 1 aliphatic rings. The first-order chi connectivity index (χ1) is 14.7. The van der Waals surface area contributed by atoms with Crippen molar-refractivity contribution in [3.8, 4) is 11.1 Å². The molecule has 0 bridgehead atoms. The lowest BCUT2D eigenvalue weighted by molar-refractivity contribution is -0.142. The highest BCUT2D eigenvalue weighted by atomic mass is 16.5. The molecule has 5 rings (SSSR count). The number of ketones is 1. The molecule has 0 saturated heterocycles. The lowest BCUT2D eigenvalue weighted by Crippen LogP contribution is -2.14. The van der Waals surface area contributed by atoms with E-state index < -0.39 is 0 Å². The van der Waals surface area contributed by atoms with Crippen molar-refractivity contribution < 1.29 is 14.3 Å². The van der Waals surface area contributed by atoms with E-state index in [9.17, 15) is 9.59 Å². The number of benzene rings is 3. The predicted molar refractivity (Wildman–Crippen MR) is 117 cm³/mol.